The van der Waals surface area contributed by atoms with Crippen molar-refractivity contribution in [1.29, 1.82) is 0 Å². The number of benzene rings is 1. The maximum atomic E-state index is 13.3. The van der Waals surface area contributed by atoms with Gasteiger partial charge in [-0.05, 0) is 50.1 Å². The number of ether oxygens (including phenoxy) is 2. The summed E-state index contributed by atoms with van der Waals surface area (Å²) in [7, 11) is 0. The Morgan fingerprint density at radius 2 is 2.00 bits per heavy atom. The molecule has 32 heavy (non-hydrogen) atoms. The van der Waals surface area contributed by atoms with Gasteiger partial charge in [-0.15, -0.1) is 0 Å². The first kappa shape index (κ1) is 20.5. The van der Waals surface area contributed by atoms with E-state index in [-0.39, 0.29) is 12.0 Å². The predicted octanol–water partition coefficient (Wildman–Crippen LogP) is 3.60. The zero-order valence-corrected chi connectivity index (χ0v) is 18.2. The quantitative estimate of drug-likeness (QED) is 0.632. The standard InChI is InChI=1S/C24H27N5O3/c1-17-4-3-10-29-11-9-25-23(29)20-5-2-6-22(26-20)27-24(30)19-16-18(7-8-21(19)32-17)28-12-14-31-15-13-28/h2,5-9,11,16-17H,3-4,10,12-15H2,1H3,(H,26,27,30)/t17-/m0/s1. The van der Waals surface area contributed by atoms with E-state index in [0.717, 1.165) is 49.7 Å². The van der Waals surface area contributed by atoms with E-state index in [1.54, 1.807) is 12.3 Å². The molecule has 0 unspecified atom stereocenters. The van der Waals surface area contributed by atoms with Crippen LogP contribution in [0.3, 0.4) is 0 Å². The van der Waals surface area contributed by atoms with Crippen molar-refractivity contribution in [1.82, 2.24) is 14.5 Å². The summed E-state index contributed by atoms with van der Waals surface area (Å²) in [5.41, 5.74) is 2.23. The van der Waals surface area contributed by atoms with Gasteiger partial charge in [0.05, 0.1) is 24.9 Å². The van der Waals surface area contributed by atoms with E-state index in [0.29, 0.717) is 30.3 Å². The fourth-order valence-corrected chi connectivity index (χ4v) is 4.18. The van der Waals surface area contributed by atoms with Crippen molar-refractivity contribution in [3.8, 4) is 17.3 Å². The normalized spacial score (nSPS) is 19.2. The number of fused-ring (bicyclic) bond motifs is 5. The van der Waals surface area contributed by atoms with Gasteiger partial charge in [-0.1, -0.05) is 6.07 Å². The SMILES string of the molecule is C[C@H]1CCCn2ccnc2-c2cccc(n2)NC(=O)c2cc(N3CCOCC3)ccc2O1. The number of hydrogen-bond acceptors (Lipinski definition) is 6. The molecule has 2 aliphatic rings. The summed E-state index contributed by atoms with van der Waals surface area (Å²) in [4.78, 5) is 24.7. The second-order valence-electron chi connectivity index (χ2n) is 8.16. The van der Waals surface area contributed by atoms with Crippen LogP contribution in [0, 0.1) is 0 Å². The Hall–Kier alpha value is -3.39. The summed E-state index contributed by atoms with van der Waals surface area (Å²) < 4.78 is 13.8. The zero-order valence-electron chi connectivity index (χ0n) is 18.2. The average Bonchev–Trinajstić information content (AvgIpc) is 3.28. The molecular formula is C24H27N5O3. The molecule has 1 N–H and O–H groups in total. The van der Waals surface area contributed by atoms with Crippen molar-refractivity contribution in [2.45, 2.75) is 32.4 Å². The number of hydrogen-bond donors (Lipinski definition) is 1. The molecule has 1 amide bonds. The van der Waals surface area contributed by atoms with Crippen molar-refractivity contribution in [3.05, 3.63) is 54.4 Å². The predicted molar refractivity (Wildman–Crippen MR) is 122 cm³/mol. The number of anilines is 2. The molecule has 3 aromatic rings. The number of amides is 1. The molecule has 1 atom stereocenters. The van der Waals surface area contributed by atoms with Crippen LogP contribution in [0.1, 0.15) is 30.1 Å². The van der Waals surface area contributed by atoms with Crippen LogP contribution >= 0.6 is 0 Å². The van der Waals surface area contributed by atoms with E-state index in [4.69, 9.17) is 9.47 Å². The van der Waals surface area contributed by atoms with Gasteiger partial charge in [0.1, 0.15) is 17.3 Å². The summed E-state index contributed by atoms with van der Waals surface area (Å²) >= 11 is 0. The van der Waals surface area contributed by atoms with E-state index in [1.165, 1.54) is 0 Å². The molecule has 0 radical (unpaired) electrons. The van der Waals surface area contributed by atoms with Crippen molar-refractivity contribution < 1.29 is 14.3 Å². The van der Waals surface area contributed by atoms with Crippen LogP contribution in [-0.4, -0.2) is 52.8 Å². The number of nitrogens with zero attached hydrogens (tertiary/aromatic N) is 4. The van der Waals surface area contributed by atoms with Crippen molar-refractivity contribution in [2.24, 2.45) is 0 Å². The van der Waals surface area contributed by atoms with Crippen molar-refractivity contribution in [3.63, 3.8) is 0 Å². The van der Waals surface area contributed by atoms with Crippen LogP contribution in [0.2, 0.25) is 0 Å². The van der Waals surface area contributed by atoms with E-state index in [2.05, 4.69) is 24.8 Å². The lowest BCUT2D eigenvalue weighted by atomic mass is 10.1. The van der Waals surface area contributed by atoms with E-state index in [1.807, 2.05) is 43.5 Å². The topological polar surface area (TPSA) is 81.5 Å². The smallest absolute Gasteiger partial charge is 0.260 e. The number of imidazole rings is 1. The summed E-state index contributed by atoms with van der Waals surface area (Å²) in [6, 6.07) is 11.4. The molecule has 2 bridgehead atoms. The maximum Gasteiger partial charge on any atom is 0.260 e. The Morgan fingerprint density at radius 1 is 1.12 bits per heavy atom. The highest BCUT2D eigenvalue weighted by Gasteiger charge is 2.20. The first-order chi connectivity index (χ1) is 15.7. The lowest BCUT2D eigenvalue weighted by molar-refractivity contribution is 0.101. The molecule has 8 heteroatoms. The van der Waals surface area contributed by atoms with Crippen LogP contribution in [0.15, 0.2) is 48.8 Å². The van der Waals surface area contributed by atoms with Gasteiger partial charge in [-0.3, -0.25) is 4.79 Å². The van der Waals surface area contributed by atoms with E-state index in [9.17, 15) is 4.79 Å². The molecule has 166 valence electrons. The minimum Gasteiger partial charge on any atom is -0.490 e. The third-order valence-corrected chi connectivity index (χ3v) is 5.86. The highest BCUT2D eigenvalue weighted by molar-refractivity contribution is 6.06. The fourth-order valence-electron chi connectivity index (χ4n) is 4.18. The van der Waals surface area contributed by atoms with Gasteiger partial charge in [0, 0.05) is 37.7 Å². The van der Waals surface area contributed by atoms with Gasteiger partial charge in [-0.2, -0.15) is 0 Å². The number of carbonyl (C=O) groups excluding carboxylic acids is 1. The largest absolute Gasteiger partial charge is 0.490 e. The van der Waals surface area contributed by atoms with Gasteiger partial charge in [0.15, 0.2) is 5.82 Å². The van der Waals surface area contributed by atoms with Gasteiger partial charge < -0.3 is 24.3 Å². The monoisotopic (exact) mass is 433 g/mol. The number of morpholine rings is 1. The molecular weight excluding hydrogens is 406 g/mol. The number of rotatable bonds is 1. The van der Waals surface area contributed by atoms with Gasteiger partial charge in [0.25, 0.3) is 5.91 Å². The summed E-state index contributed by atoms with van der Waals surface area (Å²) in [5.74, 6) is 1.62. The van der Waals surface area contributed by atoms with Crippen molar-refractivity contribution >= 4 is 17.4 Å². The summed E-state index contributed by atoms with van der Waals surface area (Å²) in [6.07, 6.45) is 5.50. The Morgan fingerprint density at radius 3 is 2.88 bits per heavy atom. The lowest BCUT2D eigenvalue weighted by Gasteiger charge is -2.29. The molecule has 1 fully saturated rings. The Bertz CT molecular complexity index is 1110. The van der Waals surface area contributed by atoms with Crippen LogP contribution in [0.5, 0.6) is 5.75 Å². The minimum atomic E-state index is -0.243. The molecule has 4 heterocycles. The molecule has 8 nitrogen and oxygen atoms in total. The number of aromatic nitrogens is 3. The summed E-state index contributed by atoms with van der Waals surface area (Å²) in [6.45, 7) is 5.83. The Kier molecular flexibility index (Phi) is 5.77. The van der Waals surface area contributed by atoms with Gasteiger partial charge >= 0.3 is 0 Å². The number of aryl methyl sites for hydroxylation is 1. The molecule has 0 aliphatic carbocycles. The second kappa shape index (κ2) is 9.00. The average molecular weight is 434 g/mol. The zero-order chi connectivity index (χ0) is 21.9. The third-order valence-electron chi connectivity index (χ3n) is 5.86. The van der Waals surface area contributed by atoms with Crippen LogP contribution < -0.4 is 15.0 Å². The molecule has 2 aliphatic heterocycles. The fraction of sp³-hybridized carbons (Fsp3) is 0.375. The van der Waals surface area contributed by atoms with Crippen LogP contribution in [-0.2, 0) is 11.3 Å². The highest BCUT2D eigenvalue weighted by atomic mass is 16.5. The maximum absolute atomic E-state index is 13.3. The molecule has 0 saturated carbocycles. The lowest BCUT2D eigenvalue weighted by Crippen LogP contribution is -2.36. The number of nitrogens with one attached hydrogen (secondary N) is 1. The second-order valence-corrected chi connectivity index (χ2v) is 8.16. The highest BCUT2D eigenvalue weighted by Crippen LogP contribution is 2.29. The van der Waals surface area contributed by atoms with Crippen LogP contribution in [0.4, 0.5) is 11.5 Å². The third kappa shape index (κ3) is 4.31. The number of pyridine rings is 1. The molecule has 0 spiro atoms. The molecule has 5 rings (SSSR count). The summed E-state index contributed by atoms with van der Waals surface area (Å²) in [5, 5.41) is 2.95. The first-order valence-corrected chi connectivity index (χ1v) is 11.1. The molecule has 1 saturated heterocycles. The first-order valence-electron chi connectivity index (χ1n) is 11.1. The van der Waals surface area contributed by atoms with Gasteiger partial charge in [0.2, 0.25) is 0 Å². The molecule has 2 aromatic heterocycles. The minimum absolute atomic E-state index is 0.0262. The molecule has 1 aromatic carbocycles. The van der Waals surface area contributed by atoms with E-state index >= 15 is 0 Å². The Balaban J connectivity index is 1.52. The van der Waals surface area contributed by atoms with E-state index < -0.39 is 0 Å². The van der Waals surface area contributed by atoms with Crippen molar-refractivity contribution in [2.75, 3.05) is 36.5 Å². The Labute approximate surface area is 187 Å². The number of carbonyl (C=O) groups is 1. The van der Waals surface area contributed by atoms with Gasteiger partial charge in [-0.25, -0.2) is 9.97 Å². The van der Waals surface area contributed by atoms with Crippen LogP contribution in [0.25, 0.3) is 11.5 Å².